The number of pyridine rings is 1. The highest BCUT2D eigenvalue weighted by Crippen LogP contribution is 2.16. The minimum absolute atomic E-state index is 0.308. The fourth-order valence-electron chi connectivity index (χ4n) is 1.28. The number of hydrogen-bond donors (Lipinski definition) is 3. The lowest BCUT2D eigenvalue weighted by atomic mass is 10.3. The van der Waals surface area contributed by atoms with Crippen molar-refractivity contribution in [3.8, 4) is 0 Å². The lowest BCUT2D eigenvalue weighted by Gasteiger charge is -2.06. The quantitative estimate of drug-likeness (QED) is 0.789. The second-order valence-corrected chi connectivity index (χ2v) is 4.21. The third kappa shape index (κ3) is 2.48. The number of aromatic nitrogens is 4. The Bertz CT molecular complexity index is 547. The highest BCUT2D eigenvalue weighted by molar-refractivity contribution is 9.10. The fourth-order valence-corrected chi connectivity index (χ4v) is 1.73. The molecular weight excluding hydrogens is 274 g/mol. The third-order valence-corrected chi connectivity index (χ3v) is 2.45. The van der Waals surface area contributed by atoms with Crippen LogP contribution in [0.2, 0.25) is 0 Å². The van der Waals surface area contributed by atoms with E-state index >= 15 is 0 Å². The Kier molecular flexibility index (Phi) is 3.04. The zero-order valence-corrected chi connectivity index (χ0v) is 10.1. The van der Waals surface area contributed by atoms with Crippen LogP contribution in [-0.2, 0) is 6.54 Å². The monoisotopic (exact) mass is 283 g/mol. The van der Waals surface area contributed by atoms with Crippen LogP contribution in [0.15, 0.2) is 21.5 Å². The molecule has 0 saturated heterocycles. The van der Waals surface area contributed by atoms with Gasteiger partial charge in [0.05, 0.1) is 6.54 Å². The van der Waals surface area contributed by atoms with Gasteiger partial charge in [0, 0.05) is 10.7 Å². The summed E-state index contributed by atoms with van der Waals surface area (Å²) in [5, 5.41) is 9.17. The Morgan fingerprint density at radius 3 is 3.00 bits per heavy atom. The molecule has 0 amide bonds. The van der Waals surface area contributed by atoms with Crippen molar-refractivity contribution in [1.82, 2.24) is 20.2 Å². The first-order chi connectivity index (χ1) is 7.65. The molecule has 6 nitrogen and oxygen atoms in total. The number of hydrogen-bond acceptors (Lipinski definition) is 4. The largest absolute Gasteiger partial charge is 0.363 e. The van der Waals surface area contributed by atoms with Crippen molar-refractivity contribution in [3.63, 3.8) is 0 Å². The predicted molar refractivity (Wildman–Crippen MR) is 63.2 cm³/mol. The van der Waals surface area contributed by atoms with Crippen molar-refractivity contribution in [2.75, 3.05) is 5.32 Å². The van der Waals surface area contributed by atoms with Gasteiger partial charge in [-0.25, -0.2) is 14.9 Å². The summed E-state index contributed by atoms with van der Waals surface area (Å²) in [7, 11) is 0. The first-order valence-electron chi connectivity index (χ1n) is 4.65. The molecule has 2 rings (SSSR count). The normalized spacial score (nSPS) is 10.4. The number of nitrogens with zero attached hydrogens (tertiary/aromatic N) is 2. The van der Waals surface area contributed by atoms with Gasteiger partial charge < -0.3 is 5.32 Å². The number of aromatic amines is 2. The topological polar surface area (TPSA) is 86.5 Å². The molecule has 0 atom stereocenters. The minimum Gasteiger partial charge on any atom is -0.363 e. The van der Waals surface area contributed by atoms with Crippen LogP contribution in [0.4, 0.5) is 5.82 Å². The zero-order chi connectivity index (χ0) is 11.5. The molecule has 0 unspecified atom stereocenters. The van der Waals surface area contributed by atoms with Crippen molar-refractivity contribution in [3.05, 3.63) is 38.6 Å². The van der Waals surface area contributed by atoms with E-state index in [1.165, 1.54) is 0 Å². The van der Waals surface area contributed by atoms with E-state index in [4.69, 9.17) is 0 Å². The average Bonchev–Trinajstić information content (AvgIpc) is 2.63. The Morgan fingerprint density at radius 2 is 2.38 bits per heavy atom. The number of rotatable bonds is 3. The van der Waals surface area contributed by atoms with Crippen LogP contribution >= 0.6 is 15.9 Å². The average molecular weight is 284 g/mol. The van der Waals surface area contributed by atoms with Crippen molar-refractivity contribution >= 4 is 21.7 Å². The van der Waals surface area contributed by atoms with E-state index in [1.54, 1.807) is 6.20 Å². The Hall–Kier alpha value is -1.63. The summed E-state index contributed by atoms with van der Waals surface area (Å²) in [4.78, 5) is 17.6. The maximum absolute atomic E-state index is 10.8. The number of H-pyrrole nitrogens is 2. The van der Waals surface area contributed by atoms with E-state index in [-0.39, 0.29) is 5.69 Å². The van der Waals surface area contributed by atoms with Crippen LogP contribution in [0.5, 0.6) is 0 Å². The molecule has 0 saturated carbocycles. The van der Waals surface area contributed by atoms with Crippen LogP contribution in [0.3, 0.4) is 0 Å². The number of halogens is 1. The molecule has 0 aliphatic rings. The Morgan fingerprint density at radius 1 is 1.56 bits per heavy atom. The first kappa shape index (κ1) is 10.9. The maximum atomic E-state index is 10.8. The smallest absolute Gasteiger partial charge is 0.340 e. The van der Waals surface area contributed by atoms with Gasteiger partial charge in [-0.05, 0) is 34.5 Å². The molecule has 0 aromatic carbocycles. The summed E-state index contributed by atoms with van der Waals surface area (Å²) in [6.45, 7) is 2.38. The van der Waals surface area contributed by atoms with Gasteiger partial charge in [0.25, 0.3) is 0 Å². The van der Waals surface area contributed by atoms with Gasteiger partial charge in [-0.1, -0.05) is 0 Å². The standard InChI is InChI=1S/C9H10BrN5O/c1-5-2-6(10)3-11-8(5)12-4-7-13-9(16)15-14-7/h2-3H,4H2,1H3,(H,11,12)(H2,13,14,15,16). The van der Waals surface area contributed by atoms with Crippen LogP contribution in [-0.4, -0.2) is 20.2 Å². The SMILES string of the molecule is Cc1cc(Br)cnc1NCc1n[nH]c(=O)[nH]1. The molecule has 0 radical (unpaired) electrons. The molecule has 84 valence electrons. The second kappa shape index (κ2) is 4.48. The van der Waals surface area contributed by atoms with E-state index in [1.807, 2.05) is 13.0 Å². The van der Waals surface area contributed by atoms with Gasteiger partial charge in [-0.3, -0.25) is 4.98 Å². The number of nitrogens with one attached hydrogen (secondary N) is 3. The molecule has 0 aliphatic carbocycles. The third-order valence-electron chi connectivity index (χ3n) is 2.02. The van der Waals surface area contributed by atoms with E-state index in [9.17, 15) is 4.79 Å². The van der Waals surface area contributed by atoms with E-state index < -0.39 is 0 Å². The molecular formula is C9H10BrN5O. The van der Waals surface area contributed by atoms with Crippen LogP contribution < -0.4 is 11.0 Å². The highest BCUT2D eigenvalue weighted by atomic mass is 79.9. The van der Waals surface area contributed by atoms with Crippen LogP contribution in [0.1, 0.15) is 11.4 Å². The van der Waals surface area contributed by atoms with Crippen LogP contribution in [0.25, 0.3) is 0 Å². The molecule has 2 aromatic heterocycles. The van der Waals surface area contributed by atoms with Gasteiger partial charge in [0.2, 0.25) is 0 Å². The highest BCUT2D eigenvalue weighted by Gasteiger charge is 2.02. The summed E-state index contributed by atoms with van der Waals surface area (Å²) >= 11 is 3.34. The van der Waals surface area contributed by atoms with Crippen molar-refractivity contribution in [2.24, 2.45) is 0 Å². The van der Waals surface area contributed by atoms with Gasteiger partial charge in [0.1, 0.15) is 11.6 Å². The lowest BCUT2D eigenvalue weighted by Crippen LogP contribution is -2.06. The van der Waals surface area contributed by atoms with Gasteiger partial charge in [-0.15, -0.1) is 0 Å². The summed E-state index contributed by atoms with van der Waals surface area (Å²) < 4.78 is 0.934. The van der Waals surface area contributed by atoms with Crippen molar-refractivity contribution < 1.29 is 0 Å². The molecule has 2 heterocycles. The van der Waals surface area contributed by atoms with Crippen molar-refractivity contribution in [2.45, 2.75) is 13.5 Å². The van der Waals surface area contributed by atoms with E-state index in [0.717, 1.165) is 15.9 Å². The summed E-state index contributed by atoms with van der Waals surface area (Å²) in [6.07, 6.45) is 1.71. The van der Waals surface area contributed by atoms with Crippen LogP contribution in [0, 0.1) is 6.92 Å². The van der Waals surface area contributed by atoms with Gasteiger partial charge in [0.15, 0.2) is 0 Å². The summed E-state index contributed by atoms with van der Waals surface area (Å²) in [6, 6.07) is 1.96. The molecule has 3 N–H and O–H groups in total. The molecule has 0 bridgehead atoms. The minimum atomic E-state index is -0.308. The Labute approximate surface area is 99.6 Å². The Balaban J connectivity index is 2.07. The van der Waals surface area contributed by atoms with E-state index in [2.05, 4.69) is 41.4 Å². The molecule has 2 aromatic rings. The molecule has 7 heteroatoms. The number of aryl methyl sites for hydroxylation is 1. The second-order valence-electron chi connectivity index (χ2n) is 3.30. The predicted octanol–water partition coefficient (Wildman–Crippen LogP) is 1.18. The molecule has 0 aliphatic heterocycles. The fraction of sp³-hybridized carbons (Fsp3) is 0.222. The summed E-state index contributed by atoms with van der Waals surface area (Å²) in [5.74, 6) is 1.32. The molecule has 0 fully saturated rings. The first-order valence-corrected chi connectivity index (χ1v) is 5.44. The van der Waals surface area contributed by atoms with Crippen molar-refractivity contribution in [1.29, 1.82) is 0 Å². The molecule has 16 heavy (non-hydrogen) atoms. The lowest BCUT2D eigenvalue weighted by molar-refractivity contribution is 0.944. The summed E-state index contributed by atoms with van der Waals surface area (Å²) in [5.41, 5.74) is 0.713. The van der Waals surface area contributed by atoms with Gasteiger partial charge in [-0.2, -0.15) is 5.10 Å². The van der Waals surface area contributed by atoms with E-state index in [0.29, 0.717) is 12.4 Å². The zero-order valence-electron chi connectivity index (χ0n) is 8.54. The van der Waals surface area contributed by atoms with Gasteiger partial charge >= 0.3 is 5.69 Å². The molecule has 0 spiro atoms. The maximum Gasteiger partial charge on any atom is 0.340 e. The number of anilines is 1.